The van der Waals surface area contributed by atoms with Crippen molar-refractivity contribution in [1.29, 1.82) is 0 Å². The highest BCUT2D eigenvalue weighted by Crippen LogP contribution is 2.43. The van der Waals surface area contributed by atoms with Crippen molar-refractivity contribution in [1.82, 2.24) is 9.97 Å². The van der Waals surface area contributed by atoms with Crippen LogP contribution in [0.5, 0.6) is 11.5 Å². The van der Waals surface area contributed by atoms with Gasteiger partial charge in [-0.2, -0.15) is 11.8 Å². The average Bonchev–Trinajstić information content (AvgIpc) is 2.88. The summed E-state index contributed by atoms with van der Waals surface area (Å²) in [5.74, 6) is 3.05. The number of fused-ring (bicyclic) bond motifs is 3. The average molecular weight is 510 g/mol. The number of methoxy groups -OCH3 is 1. The maximum absolute atomic E-state index is 11.2. The highest BCUT2D eigenvalue weighted by atomic mass is 32.2. The summed E-state index contributed by atoms with van der Waals surface area (Å²) in [6, 6.07) is 12.6. The number of rotatable bonds is 5. The molecule has 188 valence electrons. The van der Waals surface area contributed by atoms with E-state index in [1.54, 1.807) is 19.2 Å². The second-order valence-electron chi connectivity index (χ2n) is 8.22. The maximum Gasteiger partial charge on any atom is 0.335 e. The van der Waals surface area contributed by atoms with Gasteiger partial charge in [-0.15, -0.1) is 0 Å². The topological polar surface area (TPSA) is 134 Å². The number of aliphatic imine (C=N–C) groups is 1. The zero-order valence-electron chi connectivity index (χ0n) is 19.9. The lowest BCUT2D eigenvalue weighted by Gasteiger charge is -2.35. The Labute approximate surface area is 211 Å². The number of carboxylic acids is 1. The molecule has 3 heterocycles. The summed E-state index contributed by atoms with van der Waals surface area (Å²) >= 11 is 1.97. The van der Waals surface area contributed by atoms with Crippen LogP contribution in [0.15, 0.2) is 63.2 Å². The standard InChI is InChI=1S/C22H23NO4S.C4H4N2O2/c1-3-27-20-10-15-16(11-19(20)26-2)21(23-18-8-9-28-12-17(15)18)13-4-6-14(7-5-13)22(24)25;7-3-1-2-5-4(8)6-3/h4-7,10-11,17-18H,3,8-9,12H2,1-2H3,(H,24,25);1-2H,(H2,5,6,7,8)/t17-,18-;/m1./s1. The van der Waals surface area contributed by atoms with Crippen LogP contribution in [0.3, 0.4) is 0 Å². The van der Waals surface area contributed by atoms with Crippen LogP contribution in [0.4, 0.5) is 0 Å². The lowest BCUT2D eigenvalue weighted by molar-refractivity contribution is 0.0697. The predicted octanol–water partition coefficient (Wildman–Crippen LogP) is 3.30. The Morgan fingerprint density at radius 1 is 1.17 bits per heavy atom. The minimum absolute atomic E-state index is 0.241. The van der Waals surface area contributed by atoms with Crippen molar-refractivity contribution in [2.45, 2.75) is 25.3 Å². The number of thioether (sulfide) groups is 1. The summed E-state index contributed by atoms with van der Waals surface area (Å²) in [5, 5.41) is 9.18. The van der Waals surface area contributed by atoms with Crippen molar-refractivity contribution in [3.8, 4) is 11.5 Å². The number of aromatic nitrogens is 2. The Morgan fingerprint density at radius 3 is 2.56 bits per heavy atom. The number of ether oxygens (including phenoxy) is 2. The lowest BCUT2D eigenvalue weighted by atomic mass is 9.81. The van der Waals surface area contributed by atoms with Crippen molar-refractivity contribution in [3.05, 3.63) is 91.8 Å². The van der Waals surface area contributed by atoms with Crippen molar-refractivity contribution in [2.24, 2.45) is 4.99 Å². The summed E-state index contributed by atoms with van der Waals surface area (Å²) < 4.78 is 11.4. The van der Waals surface area contributed by atoms with E-state index in [1.807, 2.05) is 41.9 Å². The van der Waals surface area contributed by atoms with Crippen LogP contribution in [0.1, 0.15) is 46.3 Å². The maximum atomic E-state index is 11.2. The van der Waals surface area contributed by atoms with E-state index < -0.39 is 11.7 Å². The van der Waals surface area contributed by atoms with E-state index in [4.69, 9.17) is 14.5 Å². The van der Waals surface area contributed by atoms with Gasteiger partial charge in [-0.05, 0) is 48.9 Å². The van der Waals surface area contributed by atoms with Gasteiger partial charge in [0.25, 0.3) is 5.56 Å². The first kappa shape index (κ1) is 25.3. The third-order valence-electron chi connectivity index (χ3n) is 6.00. The number of aromatic carboxylic acids is 1. The number of carboxylic acid groups (broad SMARTS) is 1. The molecular weight excluding hydrogens is 482 g/mol. The van der Waals surface area contributed by atoms with Gasteiger partial charge in [0.05, 0.1) is 31.0 Å². The summed E-state index contributed by atoms with van der Waals surface area (Å²) in [5.41, 5.74) is 3.54. The number of aromatic amines is 2. The minimum Gasteiger partial charge on any atom is -0.493 e. The van der Waals surface area contributed by atoms with Gasteiger partial charge in [-0.1, -0.05) is 12.1 Å². The number of nitrogens with zero attached hydrogens (tertiary/aromatic N) is 1. The second kappa shape index (κ2) is 11.3. The van der Waals surface area contributed by atoms with Gasteiger partial charge in [0, 0.05) is 35.1 Å². The van der Waals surface area contributed by atoms with Gasteiger partial charge in [0.15, 0.2) is 11.5 Å². The quantitative estimate of drug-likeness (QED) is 0.480. The molecule has 5 rings (SSSR count). The van der Waals surface area contributed by atoms with Gasteiger partial charge >= 0.3 is 11.7 Å². The number of carbonyl (C=O) groups is 1. The largest absolute Gasteiger partial charge is 0.493 e. The zero-order valence-corrected chi connectivity index (χ0v) is 20.8. The molecule has 2 aromatic carbocycles. The van der Waals surface area contributed by atoms with Gasteiger partial charge in [0.1, 0.15) is 0 Å². The van der Waals surface area contributed by atoms with E-state index in [2.05, 4.69) is 11.1 Å². The molecule has 0 unspecified atom stereocenters. The van der Waals surface area contributed by atoms with Crippen LogP contribution in [0, 0.1) is 0 Å². The summed E-state index contributed by atoms with van der Waals surface area (Å²) in [7, 11) is 1.64. The van der Waals surface area contributed by atoms with E-state index in [1.165, 1.54) is 17.8 Å². The molecule has 1 fully saturated rings. The fraction of sp³-hybridized carbons (Fsp3) is 0.308. The Hall–Kier alpha value is -3.79. The summed E-state index contributed by atoms with van der Waals surface area (Å²) in [6.45, 7) is 2.55. The Kier molecular flexibility index (Phi) is 7.94. The highest BCUT2D eigenvalue weighted by molar-refractivity contribution is 7.99. The molecule has 0 radical (unpaired) electrons. The van der Waals surface area contributed by atoms with E-state index >= 15 is 0 Å². The monoisotopic (exact) mass is 509 g/mol. The van der Waals surface area contributed by atoms with Crippen LogP contribution in [0.25, 0.3) is 0 Å². The van der Waals surface area contributed by atoms with Gasteiger partial charge in [-0.3, -0.25) is 14.8 Å². The molecule has 0 amide bonds. The molecule has 2 aliphatic heterocycles. The van der Waals surface area contributed by atoms with Crippen molar-refractivity contribution >= 4 is 23.4 Å². The lowest BCUT2D eigenvalue weighted by Crippen LogP contribution is -2.31. The SMILES string of the molecule is CCOc1cc2c(cc1OC)C(c1ccc(C(=O)O)cc1)=N[C@@H]1CCSC[C@H]21.O=c1cc[nH]c(=O)[nH]1. The van der Waals surface area contributed by atoms with E-state index in [0.717, 1.165) is 40.5 Å². The molecule has 0 aliphatic carbocycles. The first-order valence-corrected chi connectivity index (χ1v) is 12.7. The molecule has 1 aromatic heterocycles. The first-order chi connectivity index (χ1) is 17.4. The molecule has 3 aromatic rings. The fourth-order valence-corrected chi connectivity index (χ4v) is 5.54. The first-order valence-electron chi connectivity index (χ1n) is 11.5. The molecule has 0 saturated carbocycles. The Bertz CT molecular complexity index is 1350. The zero-order chi connectivity index (χ0) is 25.7. The molecule has 2 atom stereocenters. The number of nitrogens with one attached hydrogen (secondary N) is 2. The molecule has 2 aliphatic rings. The summed E-state index contributed by atoms with van der Waals surface area (Å²) in [4.78, 5) is 41.0. The number of hydrogen-bond donors (Lipinski definition) is 3. The molecule has 10 heteroatoms. The van der Waals surface area contributed by atoms with Crippen LogP contribution in [-0.4, -0.2) is 58.0 Å². The number of benzene rings is 2. The Balaban J connectivity index is 0.000000325. The third-order valence-corrected chi connectivity index (χ3v) is 7.12. The molecule has 1 saturated heterocycles. The predicted molar refractivity (Wildman–Crippen MR) is 139 cm³/mol. The van der Waals surface area contributed by atoms with E-state index in [9.17, 15) is 19.5 Å². The van der Waals surface area contributed by atoms with Gasteiger partial charge in [0.2, 0.25) is 0 Å². The summed E-state index contributed by atoms with van der Waals surface area (Å²) in [6.07, 6.45) is 2.34. The molecule has 0 spiro atoms. The smallest absolute Gasteiger partial charge is 0.335 e. The van der Waals surface area contributed by atoms with Crippen LogP contribution >= 0.6 is 11.8 Å². The highest BCUT2D eigenvalue weighted by Gasteiger charge is 2.35. The van der Waals surface area contributed by atoms with E-state index in [0.29, 0.717) is 18.3 Å². The van der Waals surface area contributed by atoms with Crippen LogP contribution in [-0.2, 0) is 0 Å². The molecular formula is C26H27N3O6S. The van der Waals surface area contributed by atoms with Crippen molar-refractivity contribution in [2.75, 3.05) is 25.2 Å². The third kappa shape index (κ3) is 5.54. The number of hydrogen-bond acceptors (Lipinski definition) is 7. The van der Waals surface area contributed by atoms with Crippen molar-refractivity contribution < 1.29 is 19.4 Å². The molecule has 36 heavy (non-hydrogen) atoms. The normalized spacial score (nSPS) is 18.0. The fourth-order valence-electron chi connectivity index (χ4n) is 4.31. The molecule has 0 bridgehead atoms. The van der Waals surface area contributed by atoms with Crippen LogP contribution in [0.2, 0.25) is 0 Å². The van der Waals surface area contributed by atoms with Crippen molar-refractivity contribution in [3.63, 3.8) is 0 Å². The number of H-pyrrole nitrogens is 2. The van der Waals surface area contributed by atoms with Gasteiger partial charge < -0.3 is 19.6 Å². The molecule has 3 N–H and O–H groups in total. The van der Waals surface area contributed by atoms with Gasteiger partial charge in [-0.25, -0.2) is 9.59 Å². The van der Waals surface area contributed by atoms with E-state index in [-0.39, 0.29) is 17.2 Å². The Morgan fingerprint density at radius 2 is 1.94 bits per heavy atom. The minimum atomic E-state index is -0.926. The van der Waals surface area contributed by atoms with Crippen LogP contribution < -0.4 is 20.7 Å². The second-order valence-corrected chi connectivity index (χ2v) is 9.37. The molecule has 9 nitrogen and oxygen atoms in total.